The van der Waals surface area contributed by atoms with Crippen LogP contribution in [0, 0.1) is 6.92 Å². The zero-order valence-electron chi connectivity index (χ0n) is 15.0. The molecule has 0 saturated heterocycles. The van der Waals surface area contributed by atoms with Crippen molar-refractivity contribution in [2.45, 2.75) is 20.0 Å². The van der Waals surface area contributed by atoms with Crippen LogP contribution in [0.3, 0.4) is 0 Å². The fourth-order valence-electron chi connectivity index (χ4n) is 2.54. The Labute approximate surface area is 161 Å². The molecule has 0 radical (unpaired) electrons. The Kier molecular flexibility index (Phi) is 5.37. The first kappa shape index (κ1) is 18.8. The standard InChI is InChI=1S/C20H18ClNO5/c1-11-4-6-17(25-3)15(8-11)22-19(23)12(2)26-20(24)18-10-13-9-14(21)5-7-16(13)27-18/h4-10,12H,1-3H3,(H,22,23)/t12-/m0/s1. The summed E-state index contributed by atoms with van der Waals surface area (Å²) in [7, 11) is 1.51. The van der Waals surface area contributed by atoms with Crippen LogP contribution < -0.4 is 10.1 Å². The number of rotatable bonds is 5. The highest BCUT2D eigenvalue weighted by Gasteiger charge is 2.22. The molecular formula is C20H18ClNO5. The van der Waals surface area contributed by atoms with Gasteiger partial charge in [0.1, 0.15) is 11.3 Å². The lowest BCUT2D eigenvalue weighted by atomic mass is 10.2. The molecular weight excluding hydrogens is 370 g/mol. The number of benzene rings is 2. The van der Waals surface area contributed by atoms with Gasteiger partial charge in [0.2, 0.25) is 5.76 Å². The molecule has 0 aliphatic rings. The van der Waals surface area contributed by atoms with E-state index in [0.29, 0.717) is 27.4 Å². The minimum Gasteiger partial charge on any atom is -0.495 e. The van der Waals surface area contributed by atoms with E-state index in [-0.39, 0.29) is 5.76 Å². The monoisotopic (exact) mass is 387 g/mol. The molecule has 140 valence electrons. The van der Waals surface area contributed by atoms with Crippen molar-refractivity contribution in [2.75, 3.05) is 12.4 Å². The third-order valence-electron chi connectivity index (χ3n) is 3.95. The zero-order chi connectivity index (χ0) is 19.6. The quantitative estimate of drug-likeness (QED) is 0.648. The number of fused-ring (bicyclic) bond motifs is 1. The van der Waals surface area contributed by atoms with E-state index >= 15 is 0 Å². The summed E-state index contributed by atoms with van der Waals surface area (Å²) < 4.78 is 15.9. The molecule has 3 rings (SSSR count). The second kappa shape index (κ2) is 7.72. The summed E-state index contributed by atoms with van der Waals surface area (Å²) in [6, 6.07) is 11.9. The number of carbonyl (C=O) groups excluding carboxylic acids is 2. The van der Waals surface area contributed by atoms with Crippen LogP contribution in [0.25, 0.3) is 11.0 Å². The molecule has 27 heavy (non-hydrogen) atoms. The lowest BCUT2D eigenvalue weighted by Crippen LogP contribution is -2.30. The molecule has 1 amide bonds. The van der Waals surface area contributed by atoms with Gasteiger partial charge in [0.05, 0.1) is 12.8 Å². The molecule has 6 nitrogen and oxygen atoms in total. The van der Waals surface area contributed by atoms with Crippen LogP contribution in [0.1, 0.15) is 23.0 Å². The summed E-state index contributed by atoms with van der Waals surface area (Å²) in [6.45, 7) is 3.38. The van der Waals surface area contributed by atoms with Gasteiger partial charge in [-0.05, 0) is 55.8 Å². The molecule has 7 heteroatoms. The Morgan fingerprint density at radius 3 is 2.67 bits per heavy atom. The van der Waals surface area contributed by atoms with E-state index in [2.05, 4.69) is 5.32 Å². The summed E-state index contributed by atoms with van der Waals surface area (Å²) >= 11 is 5.93. The topological polar surface area (TPSA) is 77.8 Å². The smallest absolute Gasteiger partial charge is 0.375 e. The summed E-state index contributed by atoms with van der Waals surface area (Å²) in [4.78, 5) is 24.7. The van der Waals surface area contributed by atoms with Crippen molar-refractivity contribution >= 4 is 40.1 Å². The van der Waals surface area contributed by atoms with E-state index in [9.17, 15) is 9.59 Å². The summed E-state index contributed by atoms with van der Waals surface area (Å²) in [6.07, 6.45) is -1.03. The van der Waals surface area contributed by atoms with E-state index in [4.69, 9.17) is 25.5 Å². The average molecular weight is 388 g/mol. The maximum atomic E-state index is 12.4. The number of halogens is 1. The van der Waals surface area contributed by atoms with E-state index in [1.807, 2.05) is 13.0 Å². The van der Waals surface area contributed by atoms with Gasteiger partial charge in [0, 0.05) is 10.4 Å². The van der Waals surface area contributed by atoms with Crippen molar-refractivity contribution in [2.24, 2.45) is 0 Å². The van der Waals surface area contributed by atoms with Gasteiger partial charge in [-0.2, -0.15) is 0 Å². The molecule has 1 atom stereocenters. The Hall–Kier alpha value is -2.99. The molecule has 0 fully saturated rings. The summed E-state index contributed by atoms with van der Waals surface area (Å²) in [5.74, 6) is -0.700. The maximum Gasteiger partial charge on any atom is 0.375 e. The van der Waals surface area contributed by atoms with Crippen molar-refractivity contribution in [1.82, 2.24) is 0 Å². The van der Waals surface area contributed by atoms with Crippen LogP contribution >= 0.6 is 11.6 Å². The fourth-order valence-corrected chi connectivity index (χ4v) is 2.72. The lowest BCUT2D eigenvalue weighted by Gasteiger charge is -2.15. The van der Waals surface area contributed by atoms with Crippen LogP contribution in [0.2, 0.25) is 5.02 Å². The minimum absolute atomic E-state index is 0.0000489. The van der Waals surface area contributed by atoms with Gasteiger partial charge < -0.3 is 19.2 Å². The molecule has 0 bridgehead atoms. The Morgan fingerprint density at radius 1 is 1.15 bits per heavy atom. The number of hydrogen-bond acceptors (Lipinski definition) is 5. The number of methoxy groups -OCH3 is 1. The highest BCUT2D eigenvalue weighted by atomic mass is 35.5. The van der Waals surface area contributed by atoms with Crippen LogP contribution in [-0.2, 0) is 9.53 Å². The number of carbonyl (C=O) groups is 2. The third kappa shape index (κ3) is 4.23. The second-order valence-electron chi connectivity index (χ2n) is 6.03. The van der Waals surface area contributed by atoms with Gasteiger partial charge in [-0.3, -0.25) is 4.79 Å². The zero-order valence-corrected chi connectivity index (χ0v) is 15.8. The molecule has 1 heterocycles. The summed E-state index contributed by atoms with van der Waals surface area (Å²) in [5.41, 5.74) is 1.97. The van der Waals surface area contributed by atoms with Gasteiger partial charge in [-0.25, -0.2) is 4.79 Å². The van der Waals surface area contributed by atoms with Gasteiger partial charge in [0.15, 0.2) is 6.10 Å². The van der Waals surface area contributed by atoms with Crippen LogP contribution in [0.4, 0.5) is 5.69 Å². The molecule has 0 aliphatic heterocycles. The third-order valence-corrected chi connectivity index (χ3v) is 4.18. The first-order chi connectivity index (χ1) is 12.9. The average Bonchev–Trinajstić information content (AvgIpc) is 3.05. The Bertz CT molecular complexity index is 1010. The first-order valence-corrected chi connectivity index (χ1v) is 8.61. The van der Waals surface area contributed by atoms with Gasteiger partial charge in [0.25, 0.3) is 5.91 Å². The molecule has 0 aliphatic carbocycles. The molecule has 0 unspecified atom stereocenters. The normalized spacial score (nSPS) is 11.9. The van der Waals surface area contributed by atoms with Crippen molar-refractivity contribution < 1.29 is 23.5 Å². The Morgan fingerprint density at radius 2 is 1.93 bits per heavy atom. The fraction of sp³-hybridized carbons (Fsp3) is 0.200. The predicted octanol–water partition coefficient (Wildman–Crippen LogP) is 4.59. The van der Waals surface area contributed by atoms with Gasteiger partial charge >= 0.3 is 5.97 Å². The Balaban J connectivity index is 1.70. The van der Waals surface area contributed by atoms with Crippen molar-refractivity contribution in [3.8, 4) is 5.75 Å². The van der Waals surface area contributed by atoms with E-state index < -0.39 is 18.0 Å². The SMILES string of the molecule is COc1ccc(C)cc1NC(=O)[C@H](C)OC(=O)c1cc2cc(Cl)ccc2o1. The summed E-state index contributed by atoms with van der Waals surface area (Å²) in [5, 5.41) is 3.91. The van der Waals surface area contributed by atoms with E-state index in [1.54, 1.807) is 30.3 Å². The van der Waals surface area contributed by atoms with Gasteiger partial charge in [-0.15, -0.1) is 0 Å². The molecule has 1 N–H and O–H groups in total. The van der Waals surface area contributed by atoms with Crippen molar-refractivity contribution in [3.63, 3.8) is 0 Å². The number of ether oxygens (including phenoxy) is 2. The number of hydrogen-bond donors (Lipinski definition) is 1. The lowest BCUT2D eigenvalue weighted by molar-refractivity contribution is -0.123. The van der Waals surface area contributed by atoms with Crippen LogP contribution in [0.15, 0.2) is 46.9 Å². The van der Waals surface area contributed by atoms with Crippen LogP contribution in [0.5, 0.6) is 5.75 Å². The maximum absolute atomic E-state index is 12.4. The molecule has 2 aromatic carbocycles. The highest BCUT2D eigenvalue weighted by molar-refractivity contribution is 6.31. The number of anilines is 1. The number of nitrogens with one attached hydrogen (secondary N) is 1. The first-order valence-electron chi connectivity index (χ1n) is 8.23. The van der Waals surface area contributed by atoms with E-state index in [1.165, 1.54) is 20.1 Å². The van der Waals surface area contributed by atoms with Crippen molar-refractivity contribution in [1.29, 1.82) is 0 Å². The van der Waals surface area contributed by atoms with Crippen LogP contribution in [-0.4, -0.2) is 25.1 Å². The molecule has 3 aromatic rings. The molecule has 0 saturated carbocycles. The molecule has 0 spiro atoms. The largest absolute Gasteiger partial charge is 0.495 e. The van der Waals surface area contributed by atoms with E-state index in [0.717, 1.165) is 5.56 Å². The number of aryl methyl sites for hydroxylation is 1. The second-order valence-corrected chi connectivity index (χ2v) is 6.47. The molecule has 1 aromatic heterocycles. The number of esters is 1. The number of furan rings is 1. The van der Waals surface area contributed by atoms with Gasteiger partial charge in [-0.1, -0.05) is 17.7 Å². The van der Waals surface area contributed by atoms with Crippen molar-refractivity contribution in [3.05, 3.63) is 58.8 Å². The number of amides is 1. The minimum atomic E-state index is -1.03. The predicted molar refractivity (Wildman–Crippen MR) is 102 cm³/mol. The highest BCUT2D eigenvalue weighted by Crippen LogP contribution is 2.26.